The van der Waals surface area contributed by atoms with Crippen molar-refractivity contribution in [2.75, 3.05) is 6.54 Å². The fourth-order valence-corrected chi connectivity index (χ4v) is 2.45. The molecule has 0 spiro atoms. The van der Waals surface area contributed by atoms with Crippen LogP contribution < -0.4 is 5.43 Å². The molecule has 1 aliphatic heterocycles. The van der Waals surface area contributed by atoms with Crippen molar-refractivity contribution in [3.8, 4) is 0 Å². The maximum atomic E-state index is 5.70. The molecular weight excluding hydrogens is 238 g/mol. The number of aryl methyl sites for hydroxylation is 1. The molecule has 2 rings (SSSR count). The van der Waals surface area contributed by atoms with Crippen molar-refractivity contribution in [3.63, 3.8) is 0 Å². The van der Waals surface area contributed by atoms with Crippen LogP contribution in [0.4, 0.5) is 0 Å². The Balaban J connectivity index is 2.29. The van der Waals surface area contributed by atoms with Crippen LogP contribution >= 0.6 is 0 Å². The molecule has 4 nitrogen and oxygen atoms in total. The Labute approximate surface area is 114 Å². The van der Waals surface area contributed by atoms with Crippen molar-refractivity contribution in [2.24, 2.45) is 5.10 Å². The first-order valence-electron chi connectivity index (χ1n) is 6.89. The third kappa shape index (κ3) is 2.83. The first-order chi connectivity index (χ1) is 9.02. The molecule has 1 aromatic heterocycles. The minimum atomic E-state index is 0.139. The third-order valence-corrected chi connectivity index (χ3v) is 3.38. The molecule has 1 aromatic rings. The van der Waals surface area contributed by atoms with E-state index in [2.05, 4.69) is 42.4 Å². The van der Waals surface area contributed by atoms with Gasteiger partial charge in [0.05, 0.1) is 12.6 Å². The van der Waals surface area contributed by atoms with Crippen molar-refractivity contribution < 1.29 is 4.74 Å². The van der Waals surface area contributed by atoms with Crippen molar-refractivity contribution in [2.45, 2.75) is 47.1 Å². The Morgan fingerprint density at radius 1 is 1.37 bits per heavy atom. The first kappa shape index (κ1) is 13.7. The van der Waals surface area contributed by atoms with E-state index in [1.165, 1.54) is 16.8 Å². The van der Waals surface area contributed by atoms with E-state index in [1.807, 2.05) is 13.8 Å². The van der Waals surface area contributed by atoms with Crippen molar-refractivity contribution in [3.05, 3.63) is 28.1 Å². The molecule has 4 heteroatoms. The summed E-state index contributed by atoms with van der Waals surface area (Å²) in [7, 11) is 0. The summed E-state index contributed by atoms with van der Waals surface area (Å²) < 4.78 is 5.70. The molecule has 0 aliphatic carbocycles. The number of H-pyrrole nitrogens is 1. The number of hydrogen-bond acceptors (Lipinski definition) is 3. The molecule has 0 aromatic carbocycles. The van der Waals surface area contributed by atoms with Crippen LogP contribution in [0.5, 0.6) is 0 Å². The lowest BCUT2D eigenvalue weighted by atomic mass is 10.1. The summed E-state index contributed by atoms with van der Waals surface area (Å²) in [6, 6.07) is 0. The van der Waals surface area contributed by atoms with Gasteiger partial charge < -0.3 is 15.1 Å². The van der Waals surface area contributed by atoms with Crippen LogP contribution in [-0.4, -0.2) is 23.5 Å². The highest BCUT2D eigenvalue weighted by Crippen LogP contribution is 2.21. The Kier molecular flexibility index (Phi) is 3.98. The molecule has 0 saturated carbocycles. The SMILES string of the molecule is CCc1c(C)[nH]c(C=C2CNN=C2OC(C)C)c1C. The molecule has 0 fully saturated rings. The maximum Gasteiger partial charge on any atom is 0.236 e. The van der Waals surface area contributed by atoms with E-state index in [4.69, 9.17) is 4.74 Å². The minimum absolute atomic E-state index is 0.139. The Bertz CT molecular complexity index is 524. The quantitative estimate of drug-likeness (QED) is 0.879. The summed E-state index contributed by atoms with van der Waals surface area (Å²) in [5.41, 5.74) is 9.22. The molecule has 1 aliphatic rings. The molecule has 0 radical (unpaired) electrons. The van der Waals surface area contributed by atoms with Crippen molar-refractivity contribution in [1.82, 2.24) is 10.4 Å². The van der Waals surface area contributed by atoms with Crippen LogP contribution in [0, 0.1) is 13.8 Å². The molecule has 104 valence electrons. The van der Waals surface area contributed by atoms with Gasteiger partial charge in [0.15, 0.2) is 0 Å². The highest BCUT2D eigenvalue weighted by Gasteiger charge is 2.18. The zero-order valence-electron chi connectivity index (χ0n) is 12.4. The van der Waals surface area contributed by atoms with Gasteiger partial charge in [0, 0.05) is 17.0 Å². The predicted octanol–water partition coefficient (Wildman–Crippen LogP) is 2.92. The van der Waals surface area contributed by atoms with E-state index < -0.39 is 0 Å². The number of rotatable bonds is 3. The summed E-state index contributed by atoms with van der Waals surface area (Å²) in [5, 5.41) is 4.19. The lowest BCUT2D eigenvalue weighted by Gasteiger charge is -2.09. The number of hydrazone groups is 1. The summed E-state index contributed by atoms with van der Waals surface area (Å²) in [6.45, 7) is 11.2. The average Bonchev–Trinajstić information content (AvgIpc) is 2.85. The zero-order valence-corrected chi connectivity index (χ0v) is 12.4. The third-order valence-electron chi connectivity index (χ3n) is 3.38. The van der Waals surface area contributed by atoms with E-state index in [0.29, 0.717) is 5.90 Å². The highest BCUT2D eigenvalue weighted by molar-refractivity contribution is 5.99. The van der Waals surface area contributed by atoms with E-state index in [0.717, 1.165) is 24.2 Å². The van der Waals surface area contributed by atoms with Gasteiger partial charge in [-0.05, 0) is 51.3 Å². The molecule has 0 unspecified atom stereocenters. The monoisotopic (exact) mass is 261 g/mol. The molecule has 0 saturated heterocycles. The van der Waals surface area contributed by atoms with Crippen LogP contribution in [0.2, 0.25) is 0 Å². The predicted molar refractivity (Wildman–Crippen MR) is 79.3 cm³/mol. The number of aromatic nitrogens is 1. The van der Waals surface area contributed by atoms with Gasteiger partial charge >= 0.3 is 0 Å². The summed E-state index contributed by atoms with van der Waals surface area (Å²) in [6.07, 6.45) is 3.33. The molecule has 0 amide bonds. The van der Waals surface area contributed by atoms with Gasteiger partial charge in [-0.1, -0.05) is 6.92 Å². The molecule has 2 heterocycles. The lowest BCUT2D eigenvalue weighted by Crippen LogP contribution is -2.12. The second-order valence-electron chi connectivity index (χ2n) is 5.21. The minimum Gasteiger partial charge on any atom is -0.474 e. The van der Waals surface area contributed by atoms with Crippen LogP contribution in [0.3, 0.4) is 0 Å². The lowest BCUT2D eigenvalue weighted by molar-refractivity contribution is 0.229. The van der Waals surface area contributed by atoms with Gasteiger partial charge in [-0.2, -0.15) is 0 Å². The highest BCUT2D eigenvalue weighted by atomic mass is 16.5. The van der Waals surface area contributed by atoms with E-state index in [1.54, 1.807) is 0 Å². The van der Waals surface area contributed by atoms with E-state index in [9.17, 15) is 0 Å². The summed E-state index contributed by atoms with van der Waals surface area (Å²) in [4.78, 5) is 3.45. The van der Waals surface area contributed by atoms with Crippen molar-refractivity contribution >= 4 is 12.0 Å². The number of aromatic amines is 1. The standard InChI is InChI=1S/C15H23N3O/c1-6-13-10(4)14(17-11(13)5)7-12-8-16-18-15(12)19-9(2)3/h7,9,16-17H,6,8H2,1-5H3. The van der Waals surface area contributed by atoms with E-state index in [-0.39, 0.29) is 6.10 Å². The van der Waals surface area contributed by atoms with Gasteiger partial charge in [-0.15, -0.1) is 5.10 Å². The van der Waals surface area contributed by atoms with Gasteiger partial charge in [-0.3, -0.25) is 0 Å². The Morgan fingerprint density at radius 3 is 2.68 bits per heavy atom. The van der Waals surface area contributed by atoms with Gasteiger partial charge in [-0.25, -0.2) is 0 Å². The number of nitrogens with zero attached hydrogens (tertiary/aromatic N) is 1. The number of hydrogen-bond donors (Lipinski definition) is 2. The average molecular weight is 261 g/mol. The number of nitrogens with one attached hydrogen (secondary N) is 2. The second kappa shape index (κ2) is 5.51. The van der Waals surface area contributed by atoms with Crippen LogP contribution in [-0.2, 0) is 11.2 Å². The normalized spacial score (nSPS) is 16.9. The fourth-order valence-electron chi connectivity index (χ4n) is 2.45. The number of ether oxygens (including phenoxy) is 1. The van der Waals surface area contributed by atoms with Crippen LogP contribution in [0.15, 0.2) is 10.7 Å². The molecular formula is C15H23N3O. The summed E-state index contributed by atoms with van der Waals surface area (Å²) >= 11 is 0. The molecule has 19 heavy (non-hydrogen) atoms. The van der Waals surface area contributed by atoms with Gasteiger partial charge in [0.1, 0.15) is 0 Å². The Morgan fingerprint density at radius 2 is 2.11 bits per heavy atom. The van der Waals surface area contributed by atoms with Gasteiger partial charge in [0.2, 0.25) is 5.90 Å². The van der Waals surface area contributed by atoms with Crippen LogP contribution in [0.25, 0.3) is 6.08 Å². The summed E-state index contributed by atoms with van der Waals surface area (Å²) in [5.74, 6) is 0.708. The zero-order chi connectivity index (χ0) is 14.0. The molecule has 0 bridgehead atoms. The maximum absolute atomic E-state index is 5.70. The smallest absolute Gasteiger partial charge is 0.236 e. The fraction of sp³-hybridized carbons (Fsp3) is 0.533. The Hall–Kier alpha value is -1.71. The van der Waals surface area contributed by atoms with E-state index >= 15 is 0 Å². The van der Waals surface area contributed by atoms with Crippen molar-refractivity contribution in [1.29, 1.82) is 0 Å². The first-order valence-corrected chi connectivity index (χ1v) is 6.89. The second-order valence-corrected chi connectivity index (χ2v) is 5.21. The molecule has 0 atom stereocenters. The topological polar surface area (TPSA) is 49.4 Å². The molecule has 2 N–H and O–H groups in total. The van der Waals surface area contributed by atoms with Gasteiger partial charge in [0.25, 0.3) is 0 Å². The van der Waals surface area contributed by atoms with Crippen LogP contribution in [0.1, 0.15) is 43.3 Å². The largest absolute Gasteiger partial charge is 0.474 e.